The predicted octanol–water partition coefficient (Wildman–Crippen LogP) is 6.30. The summed E-state index contributed by atoms with van der Waals surface area (Å²) in [5, 5.41) is 10.4. The summed E-state index contributed by atoms with van der Waals surface area (Å²) in [7, 11) is 0. The van der Waals surface area contributed by atoms with Gasteiger partial charge in [0.15, 0.2) is 0 Å². The van der Waals surface area contributed by atoms with Crippen LogP contribution in [0.4, 0.5) is 0 Å². The highest BCUT2D eigenvalue weighted by molar-refractivity contribution is 5.84. The van der Waals surface area contributed by atoms with Crippen molar-refractivity contribution in [3.05, 3.63) is 112 Å². The van der Waals surface area contributed by atoms with Crippen molar-refractivity contribution < 1.29 is 24.2 Å². The van der Waals surface area contributed by atoms with Gasteiger partial charge in [-0.2, -0.15) is 0 Å². The fourth-order valence-electron chi connectivity index (χ4n) is 4.28. The van der Waals surface area contributed by atoms with Crippen LogP contribution in [0.3, 0.4) is 0 Å². The van der Waals surface area contributed by atoms with Crippen LogP contribution in [-0.4, -0.2) is 17.0 Å². The number of benzene rings is 3. The van der Waals surface area contributed by atoms with Crippen molar-refractivity contribution in [2.24, 2.45) is 0 Å². The van der Waals surface area contributed by atoms with Crippen molar-refractivity contribution in [2.45, 2.75) is 40.5 Å². The van der Waals surface area contributed by atoms with Crippen molar-refractivity contribution >= 4 is 11.9 Å². The van der Waals surface area contributed by atoms with E-state index in [1.807, 2.05) is 77.1 Å². The van der Waals surface area contributed by atoms with Gasteiger partial charge in [0.25, 0.3) is 0 Å². The molecular weight excluding hydrogens is 440 g/mol. The van der Waals surface area contributed by atoms with E-state index in [1.165, 1.54) is 0 Å². The maximum atomic E-state index is 12.1. The number of phenols is 1. The number of phenolic OH excluding ortho intramolecular Hbond substituents is 1. The Morgan fingerprint density at radius 1 is 0.771 bits per heavy atom. The summed E-state index contributed by atoms with van der Waals surface area (Å²) in [5.41, 5.74) is 6.61. The summed E-state index contributed by atoms with van der Waals surface area (Å²) in [6, 6.07) is 13.5. The number of aromatic hydroxyl groups is 1. The molecule has 0 amide bonds. The number of rotatable bonds is 7. The summed E-state index contributed by atoms with van der Waals surface area (Å²) in [4.78, 5) is 24.0. The molecule has 35 heavy (non-hydrogen) atoms. The van der Waals surface area contributed by atoms with Gasteiger partial charge < -0.3 is 14.6 Å². The van der Waals surface area contributed by atoms with Gasteiger partial charge in [-0.25, -0.2) is 9.59 Å². The van der Waals surface area contributed by atoms with Gasteiger partial charge in [0.05, 0.1) is 0 Å². The molecule has 5 heteroatoms. The summed E-state index contributed by atoms with van der Waals surface area (Å²) >= 11 is 0. The van der Waals surface area contributed by atoms with Gasteiger partial charge in [0, 0.05) is 23.6 Å². The van der Waals surface area contributed by atoms with Crippen LogP contribution in [0.15, 0.2) is 67.8 Å². The summed E-state index contributed by atoms with van der Waals surface area (Å²) in [6.45, 7) is 16.4. The van der Waals surface area contributed by atoms with Gasteiger partial charge in [-0.05, 0) is 79.6 Å². The minimum Gasteiger partial charge on any atom is -0.507 e. The topological polar surface area (TPSA) is 72.8 Å². The van der Waals surface area contributed by atoms with E-state index in [1.54, 1.807) is 0 Å². The number of ether oxygens (including phenoxy) is 2. The molecule has 0 aliphatic rings. The second-order valence-electron chi connectivity index (χ2n) is 8.71. The predicted molar refractivity (Wildman–Crippen MR) is 137 cm³/mol. The lowest BCUT2D eigenvalue weighted by molar-refractivity contribution is -0.129. The number of aryl methyl sites for hydroxylation is 5. The monoisotopic (exact) mass is 470 g/mol. The number of hydrogen-bond donors (Lipinski definition) is 1. The zero-order chi connectivity index (χ0) is 25.9. The van der Waals surface area contributed by atoms with Crippen LogP contribution in [0.25, 0.3) is 0 Å². The van der Waals surface area contributed by atoms with Gasteiger partial charge in [0.1, 0.15) is 17.2 Å². The first-order valence-electron chi connectivity index (χ1n) is 11.3. The third kappa shape index (κ3) is 5.52. The molecule has 1 atom stereocenters. The molecule has 0 aromatic heterocycles. The molecule has 0 spiro atoms. The van der Waals surface area contributed by atoms with Crippen LogP contribution in [0.1, 0.15) is 50.4 Å². The first-order chi connectivity index (χ1) is 16.5. The van der Waals surface area contributed by atoms with E-state index in [9.17, 15) is 14.7 Å². The molecule has 0 heterocycles. The number of hydrogen-bond acceptors (Lipinski definition) is 5. The lowest BCUT2D eigenvalue weighted by atomic mass is 9.81. The molecular formula is C30H30O5. The Morgan fingerprint density at radius 3 is 1.77 bits per heavy atom. The highest BCUT2D eigenvalue weighted by atomic mass is 16.5. The summed E-state index contributed by atoms with van der Waals surface area (Å²) < 4.78 is 11.1. The molecule has 0 fully saturated rings. The van der Waals surface area contributed by atoms with E-state index < -0.39 is 11.9 Å². The Morgan fingerprint density at radius 2 is 1.26 bits per heavy atom. The summed E-state index contributed by atoms with van der Waals surface area (Å²) in [6.07, 6.45) is 2.26. The number of carbonyl (C=O) groups excluding carboxylic acids is 2. The zero-order valence-corrected chi connectivity index (χ0v) is 20.8. The van der Waals surface area contributed by atoms with Crippen LogP contribution in [0.5, 0.6) is 17.2 Å². The second-order valence-corrected chi connectivity index (χ2v) is 8.71. The molecule has 5 nitrogen and oxygen atoms in total. The molecule has 3 aromatic carbocycles. The molecule has 1 N–H and O–H groups in total. The number of esters is 2. The van der Waals surface area contributed by atoms with Gasteiger partial charge in [-0.1, -0.05) is 49.6 Å². The third-order valence-corrected chi connectivity index (χ3v) is 5.89. The van der Waals surface area contributed by atoms with E-state index in [2.05, 4.69) is 13.2 Å². The Labute approximate surface area is 206 Å². The molecule has 0 radical (unpaired) electrons. The van der Waals surface area contributed by atoms with Gasteiger partial charge in [-0.15, -0.1) is 0 Å². The van der Waals surface area contributed by atoms with E-state index in [0.29, 0.717) is 11.5 Å². The Balaban J connectivity index is 2.30. The Kier molecular flexibility index (Phi) is 7.60. The quantitative estimate of drug-likeness (QED) is 0.190. The lowest BCUT2D eigenvalue weighted by Crippen LogP contribution is -2.12. The van der Waals surface area contributed by atoms with Crippen LogP contribution in [0, 0.1) is 34.6 Å². The van der Waals surface area contributed by atoms with E-state index in [0.717, 1.165) is 56.7 Å². The Bertz CT molecular complexity index is 1290. The normalized spacial score (nSPS) is 11.5. The first-order valence-corrected chi connectivity index (χ1v) is 11.3. The van der Waals surface area contributed by atoms with Gasteiger partial charge in [-0.3, -0.25) is 0 Å². The molecule has 0 aliphatic carbocycles. The highest BCUT2D eigenvalue weighted by Crippen LogP contribution is 2.42. The minimum atomic E-state index is -0.548. The van der Waals surface area contributed by atoms with Crippen molar-refractivity contribution in [3.63, 3.8) is 0 Å². The molecule has 0 bridgehead atoms. The molecule has 3 aromatic rings. The second kappa shape index (κ2) is 10.4. The van der Waals surface area contributed by atoms with Crippen LogP contribution >= 0.6 is 0 Å². The number of carbonyl (C=O) groups is 2. The smallest absolute Gasteiger partial charge is 0.335 e. The van der Waals surface area contributed by atoms with E-state index in [-0.39, 0.29) is 11.7 Å². The Hall–Kier alpha value is -4.12. The van der Waals surface area contributed by atoms with Gasteiger partial charge >= 0.3 is 11.9 Å². The van der Waals surface area contributed by atoms with Crippen LogP contribution in [0.2, 0.25) is 0 Å². The van der Waals surface area contributed by atoms with Crippen molar-refractivity contribution in [1.82, 2.24) is 0 Å². The maximum absolute atomic E-state index is 12.1. The zero-order valence-electron chi connectivity index (χ0n) is 20.8. The standard InChI is InChI=1S/C30H30O5/c1-8-26(31)34-25-12-17(3)10-11-24(25)28(22-13-18(4)29(33)19(5)14-22)23-15-20(6)30(21(7)16-23)35-27(32)9-2/h8-16,28,33H,1-2H2,3-7H3. The fraction of sp³-hybridized carbons (Fsp3) is 0.200. The molecule has 3 rings (SSSR count). The van der Waals surface area contributed by atoms with Crippen molar-refractivity contribution in [1.29, 1.82) is 0 Å². The van der Waals surface area contributed by atoms with Crippen molar-refractivity contribution in [3.8, 4) is 17.2 Å². The lowest BCUT2D eigenvalue weighted by Gasteiger charge is -2.24. The van der Waals surface area contributed by atoms with Crippen molar-refractivity contribution in [2.75, 3.05) is 0 Å². The largest absolute Gasteiger partial charge is 0.507 e. The first kappa shape index (κ1) is 25.5. The fourth-order valence-corrected chi connectivity index (χ4v) is 4.28. The van der Waals surface area contributed by atoms with Crippen LogP contribution < -0.4 is 9.47 Å². The molecule has 0 saturated carbocycles. The third-order valence-electron chi connectivity index (χ3n) is 5.89. The average molecular weight is 471 g/mol. The minimum absolute atomic E-state index is 0.244. The SMILES string of the molecule is C=CC(=O)Oc1cc(C)ccc1C(c1cc(C)c(O)c(C)c1)c1cc(C)c(OC(=O)C=C)c(C)c1. The van der Waals surface area contributed by atoms with Crippen LogP contribution in [-0.2, 0) is 9.59 Å². The van der Waals surface area contributed by atoms with E-state index >= 15 is 0 Å². The van der Waals surface area contributed by atoms with E-state index in [4.69, 9.17) is 9.47 Å². The molecule has 180 valence electrons. The maximum Gasteiger partial charge on any atom is 0.335 e. The molecule has 0 aliphatic heterocycles. The summed E-state index contributed by atoms with van der Waals surface area (Å²) in [5.74, 6) is -0.245. The molecule has 0 saturated heterocycles. The highest BCUT2D eigenvalue weighted by Gasteiger charge is 2.25. The average Bonchev–Trinajstić information content (AvgIpc) is 2.81. The molecule has 1 unspecified atom stereocenters. The van der Waals surface area contributed by atoms with Gasteiger partial charge in [0.2, 0.25) is 0 Å².